The summed E-state index contributed by atoms with van der Waals surface area (Å²) in [5, 5.41) is 7.97. The zero-order valence-electron chi connectivity index (χ0n) is 16.1. The molecular weight excluding hydrogens is 442 g/mol. The average molecular weight is 457 g/mol. The summed E-state index contributed by atoms with van der Waals surface area (Å²) >= 11 is 12.2. The number of amides is 1. The van der Waals surface area contributed by atoms with Crippen LogP contribution in [0.15, 0.2) is 66.7 Å². The summed E-state index contributed by atoms with van der Waals surface area (Å²) in [4.78, 5) is 16.9. The van der Waals surface area contributed by atoms with Crippen LogP contribution in [0.2, 0.25) is 10.0 Å². The lowest BCUT2D eigenvalue weighted by Crippen LogP contribution is -2.12. The minimum absolute atomic E-state index is 0.168. The minimum Gasteiger partial charge on any atom is -0.466 e. The fourth-order valence-corrected chi connectivity index (χ4v) is 3.20. The SMILES string of the molecule is COc1nc(-c2ccc(Cl)c(Cl)c2)n(-c2cccc(NC(=O)c3ccc(F)cc3)c2)n1. The normalized spacial score (nSPS) is 10.7. The third-order valence-electron chi connectivity index (χ3n) is 4.40. The lowest BCUT2D eigenvalue weighted by molar-refractivity contribution is 0.102. The molecule has 1 aromatic heterocycles. The van der Waals surface area contributed by atoms with Gasteiger partial charge in [0.2, 0.25) is 0 Å². The smallest absolute Gasteiger partial charge is 0.336 e. The van der Waals surface area contributed by atoms with E-state index in [0.717, 1.165) is 0 Å². The van der Waals surface area contributed by atoms with E-state index in [-0.39, 0.29) is 11.9 Å². The lowest BCUT2D eigenvalue weighted by atomic mass is 10.2. The quantitative estimate of drug-likeness (QED) is 0.421. The first-order chi connectivity index (χ1) is 14.9. The molecule has 0 aliphatic rings. The Hall–Kier alpha value is -3.42. The van der Waals surface area contributed by atoms with Crippen molar-refractivity contribution >= 4 is 34.8 Å². The van der Waals surface area contributed by atoms with Crippen LogP contribution in [-0.4, -0.2) is 27.8 Å². The van der Waals surface area contributed by atoms with Crippen molar-refractivity contribution in [2.75, 3.05) is 12.4 Å². The van der Waals surface area contributed by atoms with Crippen LogP contribution in [0.4, 0.5) is 10.1 Å². The number of aromatic nitrogens is 3. The standard InChI is InChI=1S/C22H15Cl2FN4O2/c1-31-22-27-20(14-7-10-18(23)19(24)11-14)29(28-22)17-4-2-3-16(12-17)26-21(30)13-5-8-15(25)9-6-13/h2-12H,1H3,(H,26,30). The van der Waals surface area contributed by atoms with E-state index < -0.39 is 5.82 Å². The predicted molar refractivity (Wildman–Crippen MR) is 118 cm³/mol. The molecule has 1 heterocycles. The van der Waals surface area contributed by atoms with Gasteiger partial charge in [0.05, 0.1) is 22.8 Å². The molecule has 4 rings (SSSR count). The number of anilines is 1. The van der Waals surface area contributed by atoms with E-state index >= 15 is 0 Å². The predicted octanol–water partition coefficient (Wildman–Crippen LogP) is 5.64. The molecular formula is C22H15Cl2FN4O2. The monoisotopic (exact) mass is 456 g/mol. The van der Waals surface area contributed by atoms with Crippen molar-refractivity contribution in [3.8, 4) is 23.1 Å². The average Bonchev–Trinajstić information content (AvgIpc) is 3.21. The molecule has 0 saturated heterocycles. The van der Waals surface area contributed by atoms with Gasteiger partial charge in [0.1, 0.15) is 5.82 Å². The zero-order valence-corrected chi connectivity index (χ0v) is 17.7. The van der Waals surface area contributed by atoms with Crippen molar-refractivity contribution in [1.82, 2.24) is 14.8 Å². The molecule has 0 atom stereocenters. The van der Waals surface area contributed by atoms with Crippen LogP contribution in [-0.2, 0) is 0 Å². The number of nitrogens with zero attached hydrogens (tertiary/aromatic N) is 3. The third kappa shape index (κ3) is 4.52. The van der Waals surface area contributed by atoms with Crippen LogP contribution in [0.5, 0.6) is 6.01 Å². The van der Waals surface area contributed by atoms with Gasteiger partial charge in [-0.05, 0) is 60.7 Å². The molecule has 0 aliphatic carbocycles. The maximum Gasteiger partial charge on any atom is 0.336 e. The molecule has 4 aromatic rings. The Morgan fingerprint density at radius 3 is 2.52 bits per heavy atom. The van der Waals surface area contributed by atoms with E-state index in [1.54, 1.807) is 41.1 Å². The van der Waals surface area contributed by atoms with Gasteiger partial charge < -0.3 is 10.1 Å². The van der Waals surface area contributed by atoms with E-state index in [1.807, 2.05) is 6.07 Å². The van der Waals surface area contributed by atoms with Gasteiger partial charge in [-0.1, -0.05) is 29.3 Å². The molecule has 1 amide bonds. The highest BCUT2D eigenvalue weighted by atomic mass is 35.5. The Morgan fingerprint density at radius 2 is 1.81 bits per heavy atom. The van der Waals surface area contributed by atoms with E-state index in [0.29, 0.717) is 38.4 Å². The van der Waals surface area contributed by atoms with Gasteiger partial charge in [-0.3, -0.25) is 4.79 Å². The molecule has 0 aliphatic heterocycles. The Kier molecular flexibility index (Phi) is 5.88. The number of rotatable bonds is 5. The summed E-state index contributed by atoms with van der Waals surface area (Å²) in [7, 11) is 1.47. The number of halogens is 3. The lowest BCUT2D eigenvalue weighted by Gasteiger charge is -2.10. The summed E-state index contributed by atoms with van der Waals surface area (Å²) in [5.41, 5.74) is 2.19. The van der Waals surface area contributed by atoms with Crippen molar-refractivity contribution in [3.63, 3.8) is 0 Å². The number of ether oxygens (including phenoxy) is 1. The topological polar surface area (TPSA) is 69.0 Å². The molecule has 1 N–H and O–H groups in total. The van der Waals surface area contributed by atoms with Crippen LogP contribution in [0.25, 0.3) is 17.1 Å². The van der Waals surface area contributed by atoms with Crippen molar-refractivity contribution < 1.29 is 13.9 Å². The summed E-state index contributed by atoms with van der Waals surface area (Å²) in [6.45, 7) is 0. The van der Waals surface area contributed by atoms with Crippen molar-refractivity contribution in [2.45, 2.75) is 0 Å². The Balaban J connectivity index is 1.69. The van der Waals surface area contributed by atoms with Crippen LogP contribution >= 0.6 is 23.2 Å². The minimum atomic E-state index is -0.409. The number of carbonyl (C=O) groups excluding carboxylic acids is 1. The van der Waals surface area contributed by atoms with E-state index in [9.17, 15) is 9.18 Å². The summed E-state index contributed by atoms with van der Waals surface area (Å²) in [6, 6.07) is 17.6. The first kappa shape index (κ1) is 20.8. The molecule has 9 heteroatoms. The van der Waals surface area contributed by atoms with E-state index in [1.165, 1.54) is 31.4 Å². The van der Waals surface area contributed by atoms with Crippen LogP contribution in [0.3, 0.4) is 0 Å². The first-order valence-electron chi connectivity index (χ1n) is 9.08. The molecule has 31 heavy (non-hydrogen) atoms. The van der Waals surface area contributed by atoms with Crippen molar-refractivity contribution in [3.05, 3.63) is 88.2 Å². The number of carbonyl (C=O) groups is 1. The summed E-state index contributed by atoms with van der Waals surface area (Å²) < 4.78 is 19.9. The Bertz CT molecular complexity index is 1260. The number of hydrogen-bond acceptors (Lipinski definition) is 4. The highest BCUT2D eigenvalue weighted by Crippen LogP contribution is 2.30. The van der Waals surface area contributed by atoms with Gasteiger partial charge in [-0.25, -0.2) is 9.07 Å². The second kappa shape index (κ2) is 8.75. The molecule has 6 nitrogen and oxygen atoms in total. The van der Waals surface area contributed by atoms with Crippen molar-refractivity contribution in [1.29, 1.82) is 0 Å². The summed E-state index contributed by atoms with van der Waals surface area (Å²) in [6.07, 6.45) is 0. The van der Waals surface area contributed by atoms with Crippen molar-refractivity contribution in [2.24, 2.45) is 0 Å². The fraction of sp³-hybridized carbons (Fsp3) is 0.0455. The highest BCUT2D eigenvalue weighted by Gasteiger charge is 2.16. The molecule has 0 unspecified atom stereocenters. The van der Waals surface area contributed by atoms with Crippen LogP contribution in [0, 0.1) is 5.82 Å². The second-order valence-corrected chi connectivity index (χ2v) is 7.29. The Labute approximate surface area is 187 Å². The molecule has 3 aromatic carbocycles. The number of hydrogen-bond donors (Lipinski definition) is 1. The molecule has 0 radical (unpaired) electrons. The number of nitrogens with one attached hydrogen (secondary N) is 1. The van der Waals surface area contributed by atoms with Gasteiger partial charge in [-0.15, -0.1) is 5.10 Å². The molecule has 0 fully saturated rings. The van der Waals surface area contributed by atoms with Gasteiger partial charge in [-0.2, -0.15) is 4.98 Å². The van der Waals surface area contributed by atoms with Gasteiger partial charge >= 0.3 is 6.01 Å². The second-order valence-electron chi connectivity index (χ2n) is 6.47. The van der Waals surface area contributed by atoms with Gasteiger partial charge in [0.25, 0.3) is 5.91 Å². The first-order valence-corrected chi connectivity index (χ1v) is 9.84. The van der Waals surface area contributed by atoms with Crippen LogP contribution in [0.1, 0.15) is 10.4 Å². The van der Waals surface area contributed by atoms with E-state index in [4.69, 9.17) is 27.9 Å². The molecule has 0 saturated carbocycles. The largest absolute Gasteiger partial charge is 0.466 e. The number of methoxy groups -OCH3 is 1. The van der Waals surface area contributed by atoms with E-state index in [2.05, 4.69) is 15.4 Å². The molecule has 0 bridgehead atoms. The maximum absolute atomic E-state index is 13.1. The van der Waals surface area contributed by atoms with Gasteiger partial charge in [0, 0.05) is 16.8 Å². The third-order valence-corrected chi connectivity index (χ3v) is 5.14. The maximum atomic E-state index is 13.1. The highest BCUT2D eigenvalue weighted by molar-refractivity contribution is 6.42. The number of benzene rings is 3. The molecule has 156 valence electrons. The van der Waals surface area contributed by atoms with Crippen LogP contribution < -0.4 is 10.1 Å². The Morgan fingerprint density at radius 1 is 1.03 bits per heavy atom. The summed E-state index contributed by atoms with van der Waals surface area (Å²) in [5.74, 6) is -0.288. The zero-order chi connectivity index (χ0) is 22.0. The fourth-order valence-electron chi connectivity index (χ4n) is 2.90. The van der Waals surface area contributed by atoms with Gasteiger partial charge in [0.15, 0.2) is 5.82 Å². The molecule has 0 spiro atoms.